The van der Waals surface area contributed by atoms with Crippen LogP contribution in [-0.4, -0.2) is 29.0 Å². The second-order valence-electron chi connectivity index (χ2n) is 5.23. The molecule has 0 aliphatic carbocycles. The van der Waals surface area contributed by atoms with Crippen LogP contribution in [0.5, 0.6) is 0 Å². The molecule has 3 rings (SSSR count). The predicted octanol–water partition coefficient (Wildman–Crippen LogP) is 3.21. The van der Waals surface area contributed by atoms with E-state index in [0.717, 1.165) is 45.5 Å². The van der Waals surface area contributed by atoms with Crippen molar-refractivity contribution in [2.45, 2.75) is 20.8 Å². The molecule has 0 saturated heterocycles. The van der Waals surface area contributed by atoms with E-state index in [2.05, 4.69) is 15.0 Å². The average Bonchev–Trinajstić information content (AvgIpc) is 2.90. The van der Waals surface area contributed by atoms with Crippen molar-refractivity contribution in [1.82, 2.24) is 15.0 Å². The normalized spacial score (nSPS) is 11.2. The van der Waals surface area contributed by atoms with E-state index in [1.54, 1.807) is 0 Å². The molecule has 20 heavy (non-hydrogen) atoms. The summed E-state index contributed by atoms with van der Waals surface area (Å²) in [7, 11) is 3.94. The van der Waals surface area contributed by atoms with Crippen molar-refractivity contribution in [3.63, 3.8) is 0 Å². The van der Waals surface area contributed by atoms with Gasteiger partial charge in [-0.3, -0.25) is 0 Å². The molecule has 0 atom stereocenters. The highest BCUT2D eigenvalue weighted by atomic mass is 16.3. The van der Waals surface area contributed by atoms with Crippen LogP contribution in [0.3, 0.4) is 0 Å². The Hall–Kier alpha value is -2.30. The third-order valence-corrected chi connectivity index (χ3v) is 3.59. The summed E-state index contributed by atoms with van der Waals surface area (Å²) in [6.07, 6.45) is 0. The summed E-state index contributed by atoms with van der Waals surface area (Å²) in [5, 5.41) is 0. The third kappa shape index (κ3) is 1.86. The van der Waals surface area contributed by atoms with Crippen LogP contribution < -0.4 is 4.90 Å². The fourth-order valence-electron chi connectivity index (χ4n) is 2.39. The first-order chi connectivity index (χ1) is 9.47. The molecule has 0 aliphatic heterocycles. The molecule has 0 bridgehead atoms. The predicted molar refractivity (Wildman–Crippen MR) is 80.1 cm³/mol. The zero-order chi connectivity index (χ0) is 14.4. The number of rotatable bonds is 2. The smallest absolute Gasteiger partial charge is 0.180 e. The number of nitrogens with one attached hydrogen (secondary N) is 1. The number of nitrogens with zero attached hydrogens (tertiary/aromatic N) is 3. The first kappa shape index (κ1) is 12.7. The quantitative estimate of drug-likeness (QED) is 0.776. The molecule has 0 amide bonds. The Labute approximate surface area is 117 Å². The van der Waals surface area contributed by atoms with Gasteiger partial charge in [-0.05, 0) is 32.9 Å². The van der Waals surface area contributed by atoms with E-state index >= 15 is 0 Å². The van der Waals surface area contributed by atoms with Crippen LogP contribution in [0.4, 0.5) is 5.82 Å². The van der Waals surface area contributed by atoms with Crippen LogP contribution in [0.25, 0.3) is 22.6 Å². The molecule has 0 fully saturated rings. The standard InChI is InChI=1S/C15H18N4O/c1-8-9(2)20-10(3)13(8)15-16-11-6-7-12(19(4)5)17-14(11)18-15/h6-7H,1-5H3,(H,16,17,18). The summed E-state index contributed by atoms with van der Waals surface area (Å²) < 4.78 is 5.67. The minimum absolute atomic E-state index is 0.726. The molecule has 1 N–H and O–H groups in total. The van der Waals surface area contributed by atoms with Gasteiger partial charge >= 0.3 is 0 Å². The van der Waals surface area contributed by atoms with Gasteiger partial charge in [0.25, 0.3) is 0 Å². The zero-order valence-corrected chi connectivity index (χ0v) is 12.4. The van der Waals surface area contributed by atoms with Crippen LogP contribution in [0.2, 0.25) is 0 Å². The maximum atomic E-state index is 5.67. The number of hydrogen-bond acceptors (Lipinski definition) is 4. The first-order valence-corrected chi connectivity index (χ1v) is 6.58. The fourth-order valence-corrected chi connectivity index (χ4v) is 2.39. The highest BCUT2D eigenvalue weighted by molar-refractivity contribution is 5.79. The number of aromatic nitrogens is 3. The van der Waals surface area contributed by atoms with Crippen molar-refractivity contribution in [3.05, 3.63) is 29.2 Å². The molecule has 3 heterocycles. The lowest BCUT2D eigenvalue weighted by Gasteiger charge is -2.09. The Morgan fingerprint density at radius 2 is 1.80 bits per heavy atom. The van der Waals surface area contributed by atoms with Crippen molar-refractivity contribution < 1.29 is 4.42 Å². The summed E-state index contributed by atoms with van der Waals surface area (Å²) in [6.45, 7) is 5.98. The number of hydrogen-bond donors (Lipinski definition) is 1. The number of fused-ring (bicyclic) bond motifs is 1. The molecule has 5 heteroatoms. The van der Waals surface area contributed by atoms with Gasteiger partial charge < -0.3 is 14.3 Å². The van der Waals surface area contributed by atoms with E-state index in [4.69, 9.17) is 4.42 Å². The summed E-state index contributed by atoms with van der Waals surface area (Å²) in [5.74, 6) is 3.52. The topological polar surface area (TPSA) is 58.0 Å². The Morgan fingerprint density at radius 3 is 2.40 bits per heavy atom. The van der Waals surface area contributed by atoms with Crippen LogP contribution in [0, 0.1) is 20.8 Å². The number of furan rings is 1. The van der Waals surface area contributed by atoms with E-state index in [-0.39, 0.29) is 0 Å². The first-order valence-electron chi connectivity index (χ1n) is 6.58. The molecule has 0 aromatic carbocycles. The molecule has 0 spiro atoms. The molecule has 0 aliphatic rings. The van der Waals surface area contributed by atoms with Gasteiger partial charge in [0.2, 0.25) is 0 Å². The summed E-state index contributed by atoms with van der Waals surface area (Å²) in [6, 6.07) is 3.98. The lowest BCUT2D eigenvalue weighted by Crippen LogP contribution is -2.10. The molecule has 5 nitrogen and oxygen atoms in total. The Kier molecular flexibility index (Phi) is 2.78. The van der Waals surface area contributed by atoms with Crippen LogP contribution >= 0.6 is 0 Å². The second-order valence-corrected chi connectivity index (χ2v) is 5.23. The minimum Gasteiger partial charge on any atom is -0.466 e. The number of pyridine rings is 1. The molecule has 0 radical (unpaired) electrons. The van der Waals surface area contributed by atoms with Crippen LogP contribution in [-0.2, 0) is 0 Å². The van der Waals surface area contributed by atoms with Crippen molar-refractivity contribution in [2.24, 2.45) is 0 Å². The number of imidazole rings is 1. The lowest BCUT2D eigenvalue weighted by molar-refractivity contribution is 0.503. The number of anilines is 1. The molecular formula is C15H18N4O. The van der Waals surface area contributed by atoms with Crippen molar-refractivity contribution >= 4 is 17.0 Å². The molecule has 0 unspecified atom stereocenters. The molecule has 3 aromatic heterocycles. The maximum absolute atomic E-state index is 5.67. The van der Waals surface area contributed by atoms with E-state index in [0.29, 0.717) is 0 Å². The molecule has 3 aromatic rings. The SMILES string of the molecule is Cc1oc(C)c(-c2nc3nc(N(C)C)ccc3[nH]2)c1C. The Morgan fingerprint density at radius 1 is 1.05 bits per heavy atom. The molecule has 0 saturated carbocycles. The highest BCUT2D eigenvalue weighted by Gasteiger charge is 2.17. The van der Waals surface area contributed by atoms with Crippen molar-refractivity contribution in [1.29, 1.82) is 0 Å². The summed E-state index contributed by atoms with van der Waals surface area (Å²) in [5.41, 5.74) is 3.81. The Balaban J connectivity index is 2.18. The van der Waals surface area contributed by atoms with Crippen LogP contribution in [0.1, 0.15) is 17.1 Å². The van der Waals surface area contributed by atoms with Gasteiger partial charge in [0.1, 0.15) is 23.2 Å². The molecular weight excluding hydrogens is 252 g/mol. The van der Waals surface area contributed by atoms with Gasteiger partial charge in [-0.25, -0.2) is 9.97 Å². The Bertz CT molecular complexity index is 783. The number of H-pyrrole nitrogens is 1. The third-order valence-electron chi connectivity index (χ3n) is 3.59. The van der Waals surface area contributed by atoms with Crippen molar-refractivity contribution in [3.8, 4) is 11.4 Å². The van der Waals surface area contributed by atoms with Gasteiger partial charge in [0, 0.05) is 19.7 Å². The van der Waals surface area contributed by atoms with Gasteiger partial charge in [0.15, 0.2) is 5.65 Å². The highest BCUT2D eigenvalue weighted by Crippen LogP contribution is 2.30. The van der Waals surface area contributed by atoms with E-state index in [1.807, 2.05) is 51.9 Å². The lowest BCUT2D eigenvalue weighted by atomic mass is 10.1. The van der Waals surface area contributed by atoms with Crippen LogP contribution in [0.15, 0.2) is 16.5 Å². The molecule has 104 valence electrons. The summed E-state index contributed by atoms with van der Waals surface area (Å²) in [4.78, 5) is 14.4. The van der Waals surface area contributed by atoms with Gasteiger partial charge in [-0.1, -0.05) is 0 Å². The fraction of sp³-hybridized carbons (Fsp3) is 0.333. The zero-order valence-electron chi connectivity index (χ0n) is 12.4. The van der Waals surface area contributed by atoms with Gasteiger partial charge in [-0.15, -0.1) is 0 Å². The van der Waals surface area contributed by atoms with E-state index in [1.165, 1.54) is 0 Å². The van der Waals surface area contributed by atoms with E-state index in [9.17, 15) is 0 Å². The maximum Gasteiger partial charge on any atom is 0.180 e. The largest absolute Gasteiger partial charge is 0.466 e. The number of aryl methyl sites for hydroxylation is 2. The summed E-state index contributed by atoms with van der Waals surface area (Å²) >= 11 is 0. The number of aromatic amines is 1. The van der Waals surface area contributed by atoms with E-state index < -0.39 is 0 Å². The van der Waals surface area contributed by atoms with Crippen molar-refractivity contribution in [2.75, 3.05) is 19.0 Å². The second kappa shape index (κ2) is 4.37. The van der Waals surface area contributed by atoms with Gasteiger partial charge in [-0.2, -0.15) is 0 Å². The van der Waals surface area contributed by atoms with Gasteiger partial charge in [0.05, 0.1) is 11.1 Å². The minimum atomic E-state index is 0.726. The average molecular weight is 270 g/mol. The monoisotopic (exact) mass is 270 g/mol.